The lowest BCUT2D eigenvalue weighted by molar-refractivity contribution is -0.130. The first-order valence-corrected chi connectivity index (χ1v) is 9.96. The molecule has 0 aliphatic carbocycles. The molecule has 0 bridgehead atoms. The van der Waals surface area contributed by atoms with Crippen LogP contribution < -0.4 is 5.32 Å². The van der Waals surface area contributed by atoms with Crippen LogP contribution in [-0.4, -0.2) is 31.8 Å². The number of rotatable bonds is 4. The summed E-state index contributed by atoms with van der Waals surface area (Å²) in [5, 5.41) is 2.92. The minimum Gasteiger partial charge on any atom is -0.339 e. The number of thiocarbonyl (C=S) groups is 1. The third-order valence-corrected chi connectivity index (χ3v) is 6.18. The Morgan fingerprint density at radius 3 is 2.41 bits per heavy atom. The smallest absolute Gasteiger partial charge is 0.252 e. The number of carbonyl (C=O) groups excluding carboxylic acids is 2. The van der Waals surface area contributed by atoms with Gasteiger partial charge in [-0.3, -0.25) is 14.5 Å². The first kappa shape index (κ1) is 19.6. The number of nitrogens with one attached hydrogen (secondary N) is 1. The summed E-state index contributed by atoms with van der Waals surface area (Å²) in [6.07, 6.45) is 0. The van der Waals surface area contributed by atoms with E-state index < -0.39 is 10.8 Å². The van der Waals surface area contributed by atoms with Crippen LogP contribution >= 0.6 is 24.0 Å². The lowest BCUT2D eigenvalue weighted by Gasteiger charge is -2.42. The summed E-state index contributed by atoms with van der Waals surface area (Å²) in [5.74, 6) is -0.428. The molecule has 6 heteroatoms. The molecule has 27 heavy (non-hydrogen) atoms. The first-order valence-electron chi connectivity index (χ1n) is 8.74. The van der Waals surface area contributed by atoms with E-state index in [1.807, 2.05) is 63.2 Å². The number of aryl methyl sites for hydroxylation is 1. The van der Waals surface area contributed by atoms with Crippen LogP contribution in [-0.2, 0) is 11.3 Å². The van der Waals surface area contributed by atoms with Crippen molar-refractivity contribution >= 4 is 40.1 Å². The molecule has 4 nitrogen and oxygen atoms in total. The molecule has 1 saturated heterocycles. The Labute approximate surface area is 169 Å². The van der Waals surface area contributed by atoms with Gasteiger partial charge in [-0.05, 0) is 38.5 Å². The summed E-state index contributed by atoms with van der Waals surface area (Å²) in [6.45, 7) is 6.23. The fraction of sp³-hybridized carbons (Fsp3) is 0.286. The van der Waals surface area contributed by atoms with E-state index in [4.69, 9.17) is 12.2 Å². The first-order chi connectivity index (χ1) is 12.8. The molecule has 140 valence electrons. The van der Waals surface area contributed by atoms with Gasteiger partial charge in [-0.15, -0.1) is 0 Å². The van der Waals surface area contributed by atoms with Gasteiger partial charge in [0, 0.05) is 10.3 Å². The van der Waals surface area contributed by atoms with Crippen molar-refractivity contribution in [1.29, 1.82) is 0 Å². The number of hydrogen-bond donors (Lipinski definition) is 1. The summed E-state index contributed by atoms with van der Waals surface area (Å²) in [5.41, 5.74) is 2.62. The van der Waals surface area contributed by atoms with Crippen molar-refractivity contribution in [2.75, 3.05) is 0 Å². The molecular formula is C21H22N2O2S2. The van der Waals surface area contributed by atoms with Crippen LogP contribution in [0.4, 0.5) is 0 Å². The highest BCUT2D eigenvalue weighted by Gasteiger charge is 2.46. The number of carbonyl (C=O) groups is 2. The maximum absolute atomic E-state index is 13.2. The summed E-state index contributed by atoms with van der Waals surface area (Å²) in [4.78, 5) is 27.5. The summed E-state index contributed by atoms with van der Waals surface area (Å²) < 4.78 is 0.0107. The number of benzene rings is 2. The fourth-order valence-corrected chi connectivity index (χ4v) is 4.74. The Bertz CT molecular complexity index is 864. The van der Waals surface area contributed by atoms with Crippen LogP contribution in [0.1, 0.15) is 35.3 Å². The van der Waals surface area contributed by atoms with Gasteiger partial charge in [-0.2, -0.15) is 0 Å². The third-order valence-electron chi connectivity index (χ3n) is 4.55. The predicted octanol–water partition coefficient (Wildman–Crippen LogP) is 3.93. The highest BCUT2D eigenvalue weighted by molar-refractivity contribution is 8.24. The molecular weight excluding hydrogens is 376 g/mol. The predicted molar refractivity (Wildman–Crippen MR) is 114 cm³/mol. The van der Waals surface area contributed by atoms with Gasteiger partial charge < -0.3 is 5.32 Å². The average Bonchev–Trinajstić information content (AvgIpc) is 2.63. The van der Waals surface area contributed by atoms with Crippen LogP contribution in [0.2, 0.25) is 0 Å². The summed E-state index contributed by atoms with van der Waals surface area (Å²) in [7, 11) is 0. The van der Waals surface area contributed by atoms with Crippen molar-refractivity contribution in [1.82, 2.24) is 10.2 Å². The van der Waals surface area contributed by atoms with Crippen LogP contribution in [0.5, 0.6) is 0 Å². The minimum atomic E-state index is -0.660. The number of amides is 2. The topological polar surface area (TPSA) is 49.4 Å². The van der Waals surface area contributed by atoms with Crippen molar-refractivity contribution in [3.05, 3.63) is 71.3 Å². The Balaban J connectivity index is 1.81. The molecule has 2 amide bonds. The van der Waals surface area contributed by atoms with E-state index in [9.17, 15) is 9.59 Å². The van der Waals surface area contributed by atoms with Gasteiger partial charge in [-0.1, -0.05) is 72.0 Å². The molecule has 1 aliphatic heterocycles. The largest absolute Gasteiger partial charge is 0.339 e. The molecule has 1 N–H and O–H groups in total. The number of nitrogens with zero attached hydrogens (tertiary/aromatic N) is 1. The third kappa shape index (κ3) is 4.39. The highest BCUT2D eigenvalue weighted by Crippen LogP contribution is 2.37. The molecule has 1 fully saturated rings. The van der Waals surface area contributed by atoms with Crippen molar-refractivity contribution < 1.29 is 9.59 Å². The quantitative estimate of drug-likeness (QED) is 0.793. The normalized spacial score (nSPS) is 19.1. The van der Waals surface area contributed by atoms with Gasteiger partial charge in [0.25, 0.3) is 11.8 Å². The molecule has 1 atom stereocenters. The van der Waals surface area contributed by atoms with Gasteiger partial charge in [-0.25, -0.2) is 0 Å². The minimum absolute atomic E-state index is 0.173. The van der Waals surface area contributed by atoms with Crippen LogP contribution in [0, 0.1) is 6.92 Å². The van der Waals surface area contributed by atoms with E-state index in [1.54, 1.807) is 17.0 Å². The zero-order valence-corrected chi connectivity index (χ0v) is 17.2. The standard InChI is InChI=1S/C21H22N2O2S2/c1-14-9-11-16(12-10-14)18(24)22-17-19(25)23(20(26)27-21(17,2)3)13-15-7-5-4-6-8-15/h4-12,17H,13H2,1-3H3,(H,22,24). The van der Waals surface area contributed by atoms with Crippen LogP contribution in [0.15, 0.2) is 54.6 Å². The zero-order valence-electron chi connectivity index (χ0n) is 15.6. The Kier molecular flexibility index (Phi) is 5.67. The molecule has 0 spiro atoms. The summed E-state index contributed by atoms with van der Waals surface area (Å²) in [6, 6.07) is 16.4. The fourth-order valence-electron chi connectivity index (χ4n) is 2.95. The SMILES string of the molecule is Cc1ccc(C(=O)NC2C(=O)N(Cc3ccccc3)C(=S)SC2(C)C)cc1. The Morgan fingerprint density at radius 2 is 1.78 bits per heavy atom. The molecule has 3 rings (SSSR count). The second-order valence-corrected chi connectivity index (χ2v) is 9.44. The Hall–Kier alpha value is -2.18. The van der Waals surface area contributed by atoms with Crippen molar-refractivity contribution in [2.45, 2.75) is 38.1 Å². The van der Waals surface area contributed by atoms with E-state index in [2.05, 4.69) is 5.32 Å². The molecule has 1 aliphatic rings. The number of hydrogen-bond acceptors (Lipinski definition) is 4. The lowest BCUT2D eigenvalue weighted by atomic mass is 10.00. The van der Waals surface area contributed by atoms with E-state index in [-0.39, 0.29) is 11.8 Å². The number of thioether (sulfide) groups is 1. The van der Waals surface area contributed by atoms with E-state index >= 15 is 0 Å². The Morgan fingerprint density at radius 1 is 1.15 bits per heavy atom. The van der Waals surface area contributed by atoms with Crippen molar-refractivity contribution in [3.8, 4) is 0 Å². The van der Waals surface area contributed by atoms with E-state index in [0.29, 0.717) is 16.4 Å². The van der Waals surface area contributed by atoms with Gasteiger partial charge in [0.1, 0.15) is 10.4 Å². The molecule has 1 heterocycles. The summed E-state index contributed by atoms with van der Waals surface area (Å²) >= 11 is 6.93. The van der Waals surface area contributed by atoms with E-state index in [0.717, 1.165) is 11.1 Å². The maximum Gasteiger partial charge on any atom is 0.252 e. The molecule has 0 saturated carbocycles. The van der Waals surface area contributed by atoms with Crippen LogP contribution in [0.25, 0.3) is 0 Å². The molecule has 2 aromatic rings. The lowest BCUT2D eigenvalue weighted by Crippen LogP contribution is -2.62. The molecule has 2 aromatic carbocycles. The zero-order chi connectivity index (χ0) is 19.6. The average molecular weight is 399 g/mol. The van der Waals surface area contributed by atoms with E-state index in [1.165, 1.54) is 11.8 Å². The van der Waals surface area contributed by atoms with Gasteiger partial charge in [0.2, 0.25) is 0 Å². The second-order valence-electron chi connectivity index (χ2n) is 7.15. The van der Waals surface area contributed by atoms with Crippen molar-refractivity contribution in [2.24, 2.45) is 0 Å². The molecule has 0 radical (unpaired) electrons. The highest BCUT2D eigenvalue weighted by atomic mass is 32.2. The van der Waals surface area contributed by atoms with Gasteiger partial charge >= 0.3 is 0 Å². The van der Waals surface area contributed by atoms with Gasteiger partial charge in [0.15, 0.2) is 0 Å². The monoisotopic (exact) mass is 398 g/mol. The van der Waals surface area contributed by atoms with Crippen LogP contribution in [0.3, 0.4) is 0 Å². The second kappa shape index (κ2) is 7.82. The van der Waals surface area contributed by atoms with Gasteiger partial charge in [0.05, 0.1) is 6.54 Å². The maximum atomic E-state index is 13.2. The van der Waals surface area contributed by atoms with Crippen molar-refractivity contribution in [3.63, 3.8) is 0 Å². The molecule has 0 aromatic heterocycles. The molecule has 1 unspecified atom stereocenters.